The molecule has 0 unspecified atom stereocenters. The van der Waals surface area contributed by atoms with Crippen molar-refractivity contribution in [2.24, 2.45) is 0 Å². The van der Waals surface area contributed by atoms with E-state index in [-0.39, 0.29) is 6.15 Å². The van der Waals surface area contributed by atoms with Crippen LogP contribution in [0, 0.1) is 0 Å². The van der Waals surface area contributed by atoms with Crippen LogP contribution in [0.15, 0.2) is 0 Å². The molecule has 0 saturated heterocycles. The van der Waals surface area contributed by atoms with E-state index in [0.29, 0.717) is 0 Å². The molecule has 0 aromatic heterocycles. The summed E-state index contributed by atoms with van der Waals surface area (Å²) in [5, 5.41) is 16.9. The fourth-order valence-corrected chi connectivity index (χ4v) is 0.843. The molecule has 0 aromatic rings. The van der Waals surface area contributed by atoms with Gasteiger partial charge >= 0.3 is 7.60 Å². The minimum Gasteiger partial charge on any atom is -0.390 e. The molecule has 0 fully saturated rings. The fourth-order valence-electron chi connectivity index (χ4n) is 0.281. The highest BCUT2D eigenvalue weighted by Crippen LogP contribution is 2.40. The lowest BCUT2D eigenvalue weighted by Crippen LogP contribution is -2.21. The molecule has 0 rings (SSSR count). The lowest BCUT2D eigenvalue weighted by molar-refractivity contribution is 0.0641. The van der Waals surface area contributed by atoms with E-state index in [1.165, 1.54) is 0 Å². The zero-order chi connectivity index (χ0) is 7.65. The predicted molar refractivity (Wildman–Crippen MR) is 34.8 cm³/mol. The molecule has 0 saturated carbocycles. The van der Waals surface area contributed by atoms with Crippen LogP contribution in [0.2, 0.25) is 0 Å². The topological polar surface area (TPSA) is 133 Å². The molecule has 64 valence electrons. The SMILES string of the molecule is C[C@@H](O)[C@H](O)P(=O)(O)O.N. The molecule has 7 heteroatoms. The van der Waals surface area contributed by atoms with Gasteiger partial charge in [-0.3, -0.25) is 4.57 Å². The molecule has 0 amide bonds. The first-order valence-corrected chi connectivity index (χ1v) is 3.95. The predicted octanol–water partition coefficient (Wildman–Crippen LogP) is -0.975. The summed E-state index contributed by atoms with van der Waals surface area (Å²) >= 11 is 0. The minimum absolute atomic E-state index is 0. The molecule has 0 aromatic carbocycles. The number of rotatable bonds is 2. The van der Waals surface area contributed by atoms with Crippen molar-refractivity contribution in [1.82, 2.24) is 6.15 Å². The zero-order valence-corrected chi connectivity index (χ0v) is 6.40. The van der Waals surface area contributed by atoms with Crippen LogP contribution in [0.1, 0.15) is 6.92 Å². The first-order chi connectivity index (χ1) is 3.85. The second-order valence-electron chi connectivity index (χ2n) is 1.74. The minimum atomic E-state index is -4.51. The van der Waals surface area contributed by atoms with Crippen molar-refractivity contribution in [1.29, 1.82) is 0 Å². The van der Waals surface area contributed by atoms with Crippen molar-refractivity contribution < 1.29 is 24.6 Å². The van der Waals surface area contributed by atoms with Gasteiger partial charge in [0.1, 0.15) is 0 Å². The Labute approximate surface area is 58.2 Å². The van der Waals surface area contributed by atoms with E-state index in [0.717, 1.165) is 6.92 Å². The second-order valence-corrected chi connectivity index (χ2v) is 3.45. The molecular weight excluding hydrogens is 161 g/mol. The van der Waals surface area contributed by atoms with Gasteiger partial charge in [0.25, 0.3) is 0 Å². The summed E-state index contributed by atoms with van der Waals surface area (Å²) in [6, 6.07) is 0. The number of aliphatic hydroxyl groups is 2. The Morgan fingerprint density at radius 2 is 1.60 bits per heavy atom. The summed E-state index contributed by atoms with van der Waals surface area (Å²) in [5.74, 6) is -1.96. The van der Waals surface area contributed by atoms with E-state index in [2.05, 4.69) is 0 Å². The second kappa shape index (κ2) is 4.02. The molecule has 6 nitrogen and oxygen atoms in total. The Hall–Kier alpha value is 0.0300. The van der Waals surface area contributed by atoms with E-state index >= 15 is 0 Å². The zero-order valence-electron chi connectivity index (χ0n) is 5.51. The Bertz CT molecular complexity index is 131. The van der Waals surface area contributed by atoms with Gasteiger partial charge in [0.2, 0.25) is 0 Å². The van der Waals surface area contributed by atoms with Gasteiger partial charge in [0, 0.05) is 0 Å². The third kappa shape index (κ3) is 3.94. The Kier molecular flexibility index (Phi) is 5.10. The van der Waals surface area contributed by atoms with Crippen LogP contribution >= 0.6 is 7.60 Å². The van der Waals surface area contributed by atoms with E-state index in [9.17, 15) is 4.57 Å². The molecule has 2 atom stereocenters. The first-order valence-electron chi connectivity index (χ1n) is 2.27. The molecule has 0 heterocycles. The summed E-state index contributed by atoms with van der Waals surface area (Å²) in [4.78, 5) is 16.3. The van der Waals surface area contributed by atoms with Crippen molar-refractivity contribution >= 4 is 7.60 Å². The van der Waals surface area contributed by atoms with E-state index in [1.807, 2.05) is 0 Å². The van der Waals surface area contributed by atoms with Gasteiger partial charge < -0.3 is 26.2 Å². The van der Waals surface area contributed by atoms with E-state index in [4.69, 9.17) is 20.0 Å². The highest BCUT2D eigenvalue weighted by Gasteiger charge is 2.30. The van der Waals surface area contributed by atoms with Gasteiger partial charge in [-0.1, -0.05) is 0 Å². The Morgan fingerprint density at radius 3 is 1.60 bits per heavy atom. The summed E-state index contributed by atoms with van der Waals surface area (Å²) in [6.45, 7) is 1.10. The molecule has 10 heavy (non-hydrogen) atoms. The van der Waals surface area contributed by atoms with Crippen molar-refractivity contribution in [2.75, 3.05) is 0 Å². The summed E-state index contributed by atoms with van der Waals surface area (Å²) in [6.07, 6.45) is -1.40. The quantitative estimate of drug-likeness (QED) is 0.341. The molecule has 0 aliphatic heterocycles. The lowest BCUT2D eigenvalue weighted by atomic mass is 10.4. The molecule has 0 aliphatic rings. The first kappa shape index (κ1) is 12.7. The van der Waals surface area contributed by atoms with Gasteiger partial charge in [-0.2, -0.15) is 0 Å². The molecule has 0 aliphatic carbocycles. The van der Waals surface area contributed by atoms with Crippen LogP contribution in [0.4, 0.5) is 0 Å². The Balaban J connectivity index is 0. The number of aliphatic hydroxyl groups excluding tert-OH is 2. The lowest BCUT2D eigenvalue weighted by Gasteiger charge is -2.13. The largest absolute Gasteiger partial charge is 0.390 e. The van der Waals surface area contributed by atoms with E-state index < -0.39 is 19.5 Å². The average Bonchev–Trinajstić information content (AvgIpc) is 1.62. The van der Waals surface area contributed by atoms with Gasteiger partial charge in [-0.05, 0) is 6.92 Å². The van der Waals surface area contributed by atoms with Crippen LogP contribution in [0.5, 0.6) is 0 Å². The van der Waals surface area contributed by atoms with Gasteiger partial charge in [-0.25, -0.2) is 0 Å². The normalized spacial score (nSPS) is 17.3. The summed E-state index contributed by atoms with van der Waals surface area (Å²) in [7, 11) is -4.51. The highest BCUT2D eigenvalue weighted by atomic mass is 31.2. The summed E-state index contributed by atoms with van der Waals surface area (Å²) < 4.78 is 10.1. The fraction of sp³-hybridized carbons (Fsp3) is 1.00. The highest BCUT2D eigenvalue weighted by molar-refractivity contribution is 7.52. The summed E-state index contributed by atoms with van der Waals surface area (Å²) in [5.41, 5.74) is 0. The molecule has 0 spiro atoms. The third-order valence-corrected chi connectivity index (χ3v) is 1.90. The maximum Gasteiger partial charge on any atom is 0.356 e. The number of hydrogen-bond donors (Lipinski definition) is 5. The monoisotopic (exact) mass is 173 g/mol. The van der Waals surface area contributed by atoms with Gasteiger partial charge in [0.05, 0.1) is 6.10 Å². The Morgan fingerprint density at radius 1 is 1.30 bits per heavy atom. The van der Waals surface area contributed by atoms with Crippen molar-refractivity contribution in [2.45, 2.75) is 18.9 Å². The van der Waals surface area contributed by atoms with Gasteiger partial charge in [-0.15, -0.1) is 0 Å². The van der Waals surface area contributed by atoms with Crippen LogP contribution < -0.4 is 6.15 Å². The van der Waals surface area contributed by atoms with Crippen LogP contribution in [0.3, 0.4) is 0 Å². The average molecular weight is 173 g/mol. The smallest absolute Gasteiger partial charge is 0.356 e. The van der Waals surface area contributed by atoms with Crippen molar-refractivity contribution in [3.05, 3.63) is 0 Å². The number of hydrogen-bond acceptors (Lipinski definition) is 4. The molecule has 0 bridgehead atoms. The maximum absolute atomic E-state index is 10.1. The van der Waals surface area contributed by atoms with Gasteiger partial charge in [0.15, 0.2) is 5.85 Å². The van der Waals surface area contributed by atoms with Crippen LogP contribution in [0.25, 0.3) is 0 Å². The third-order valence-electron chi connectivity index (χ3n) is 0.776. The maximum atomic E-state index is 10.1. The van der Waals surface area contributed by atoms with Crippen molar-refractivity contribution in [3.63, 3.8) is 0 Å². The van der Waals surface area contributed by atoms with E-state index in [1.54, 1.807) is 0 Å². The van der Waals surface area contributed by atoms with Crippen LogP contribution in [-0.4, -0.2) is 31.9 Å². The molecule has 0 radical (unpaired) electrons. The standard InChI is InChI=1S/C3H9O5P.H3N/c1-2(4)3(5)9(6,7)8;/h2-5H,1H3,(H2,6,7,8);1H3/t2-,3-;/m1./s1. The van der Waals surface area contributed by atoms with Crippen molar-refractivity contribution in [3.8, 4) is 0 Å². The van der Waals surface area contributed by atoms with Crippen LogP contribution in [-0.2, 0) is 4.57 Å². The molecular formula is C3H12NO5P. The molecule has 7 N–H and O–H groups in total.